The Morgan fingerprint density at radius 3 is 2.92 bits per heavy atom. The van der Waals surface area contributed by atoms with Crippen LogP contribution in [-0.4, -0.2) is 11.1 Å². The zero-order valence-corrected chi connectivity index (χ0v) is 7.92. The molecular formula is C9H11ClN2O. The molecule has 3 nitrogen and oxygen atoms in total. The number of nitrogens with zero attached hydrogens (tertiary/aromatic N) is 1. The molecule has 1 heterocycles. The van der Waals surface area contributed by atoms with Crippen molar-refractivity contribution in [3.63, 3.8) is 0 Å². The minimum absolute atomic E-state index is 0.379. The topological polar surface area (TPSA) is 48.1 Å². The van der Waals surface area contributed by atoms with Gasteiger partial charge in [-0.25, -0.2) is 4.98 Å². The maximum absolute atomic E-state index is 5.79. The summed E-state index contributed by atoms with van der Waals surface area (Å²) in [6, 6.07) is 3.56. The highest BCUT2D eigenvalue weighted by molar-refractivity contribution is 6.29. The molecule has 1 aliphatic rings. The number of pyridine rings is 1. The Hall–Kier alpha value is -0.800. The largest absolute Gasteiger partial charge is 0.490 e. The van der Waals surface area contributed by atoms with Crippen LogP contribution in [0.5, 0.6) is 5.75 Å². The van der Waals surface area contributed by atoms with Gasteiger partial charge in [-0.1, -0.05) is 11.6 Å². The van der Waals surface area contributed by atoms with Crippen LogP contribution in [0.1, 0.15) is 18.5 Å². The highest BCUT2D eigenvalue weighted by Gasteiger charge is 2.23. The zero-order chi connectivity index (χ0) is 9.26. The van der Waals surface area contributed by atoms with Gasteiger partial charge in [0.15, 0.2) is 0 Å². The van der Waals surface area contributed by atoms with Gasteiger partial charge in [0.25, 0.3) is 0 Å². The molecule has 0 radical (unpaired) electrons. The molecular weight excluding hydrogens is 188 g/mol. The lowest BCUT2D eigenvalue weighted by Gasteiger charge is -2.05. The number of halogens is 1. The van der Waals surface area contributed by atoms with Crippen LogP contribution in [0, 0.1) is 0 Å². The van der Waals surface area contributed by atoms with Crippen LogP contribution in [0.2, 0.25) is 5.15 Å². The summed E-state index contributed by atoms with van der Waals surface area (Å²) in [5, 5.41) is 0.443. The maximum atomic E-state index is 5.79. The molecule has 13 heavy (non-hydrogen) atoms. The van der Waals surface area contributed by atoms with Gasteiger partial charge in [0.2, 0.25) is 0 Å². The molecule has 4 heteroatoms. The van der Waals surface area contributed by atoms with E-state index in [1.165, 1.54) is 0 Å². The molecule has 0 aliphatic heterocycles. The third kappa shape index (κ3) is 2.32. The van der Waals surface area contributed by atoms with Crippen molar-refractivity contribution in [1.29, 1.82) is 0 Å². The van der Waals surface area contributed by atoms with Crippen molar-refractivity contribution in [2.24, 2.45) is 5.73 Å². The number of nitrogens with two attached hydrogens (primary N) is 1. The number of ether oxygens (including phenoxy) is 1. The van der Waals surface area contributed by atoms with Crippen molar-refractivity contribution in [2.75, 3.05) is 0 Å². The van der Waals surface area contributed by atoms with Crippen molar-refractivity contribution in [1.82, 2.24) is 4.98 Å². The molecule has 0 unspecified atom stereocenters. The minimum atomic E-state index is 0.379. The number of rotatable bonds is 3. The van der Waals surface area contributed by atoms with Crippen LogP contribution < -0.4 is 10.5 Å². The summed E-state index contributed by atoms with van der Waals surface area (Å²) in [6.07, 6.45) is 2.65. The molecule has 0 bridgehead atoms. The molecule has 1 fully saturated rings. The molecule has 0 atom stereocenters. The van der Waals surface area contributed by atoms with E-state index >= 15 is 0 Å². The summed E-state index contributed by atoms with van der Waals surface area (Å²) in [6.45, 7) is 0.390. The Labute approximate surface area is 81.9 Å². The Bertz CT molecular complexity index is 312. The Morgan fingerprint density at radius 1 is 1.54 bits per heavy atom. The van der Waals surface area contributed by atoms with E-state index in [1.54, 1.807) is 6.07 Å². The van der Waals surface area contributed by atoms with Crippen LogP contribution in [0.3, 0.4) is 0 Å². The van der Waals surface area contributed by atoms with E-state index in [1.807, 2.05) is 6.07 Å². The average molecular weight is 199 g/mol. The molecule has 1 saturated carbocycles. The molecule has 1 aliphatic carbocycles. The summed E-state index contributed by atoms with van der Waals surface area (Å²) in [5.74, 6) is 0.781. The van der Waals surface area contributed by atoms with Crippen molar-refractivity contribution in [2.45, 2.75) is 25.5 Å². The van der Waals surface area contributed by atoms with Gasteiger partial charge in [-0.05, 0) is 12.8 Å². The van der Waals surface area contributed by atoms with E-state index in [4.69, 9.17) is 22.1 Å². The summed E-state index contributed by atoms with van der Waals surface area (Å²) < 4.78 is 5.57. The monoisotopic (exact) mass is 198 g/mol. The zero-order valence-electron chi connectivity index (χ0n) is 7.16. The summed E-state index contributed by atoms with van der Waals surface area (Å²) in [5.41, 5.74) is 6.22. The SMILES string of the molecule is NCc1cc(OC2CC2)cc(Cl)n1. The third-order valence-electron chi connectivity index (χ3n) is 1.86. The predicted octanol–water partition coefficient (Wildman–Crippen LogP) is 1.73. The lowest BCUT2D eigenvalue weighted by Crippen LogP contribution is -2.02. The second-order valence-electron chi connectivity index (χ2n) is 3.14. The van der Waals surface area contributed by atoms with Crippen LogP contribution in [0.25, 0.3) is 0 Å². The molecule has 1 aromatic heterocycles. The highest BCUT2D eigenvalue weighted by Crippen LogP contribution is 2.28. The second kappa shape index (κ2) is 3.52. The van der Waals surface area contributed by atoms with Gasteiger partial charge in [0.1, 0.15) is 10.9 Å². The first kappa shape index (κ1) is 8.78. The van der Waals surface area contributed by atoms with Crippen LogP contribution >= 0.6 is 11.6 Å². The molecule has 1 aromatic rings. The number of hydrogen-bond acceptors (Lipinski definition) is 3. The number of hydrogen-bond donors (Lipinski definition) is 1. The van der Waals surface area contributed by atoms with Crippen molar-refractivity contribution < 1.29 is 4.74 Å². The number of aromatic nitrogens is 1. The van der Waals surface area contributed by atoms with Crippen LogP contribution in [0.15, 0.2) is 12.1 Å². The normalized spacial score (nSPS) is 15.8. The van der Waals surface area contributed by atoms with Crippen molar-refractivity contribution >= 4 is 11.6 Å². The lowest BCUT2D eigenvalue weighted by atomic mass is 10.3. The molecule has 0 aromatic carbocycles. The van der Waals surface area contributed by atoms with E-state index < -0.39 is 0 Å². The first-order valence-electron chi connectivity index (χ1n) is 4.31. The van der Waals surface area contributed by atoms with Crippen molar-refractivity contribution in [3.8, 4) is 5.75 Å². The standard InChI is InChI=1S/C9H11ClN2O/c10-9-4-8(13-7-1-2-7)3-6(5-11)12-9/h3-4,7H,1-2,5,11H2. The fraction of sp³-hybridized carbons (Fsp3) is 0.444. The van der Waals surface area contributed by atoms with E-state index in [0.717, 1.165) is 24.3 Å². The summed E-state index contributed by atoms with van der Waals surface area (Å²) >= 11 is 5.79. The van der Waals surface area contributed by atoms with Gasteiger partial charge < -0.3 is 10.5 Å². The average Bonchev–Trinajstić information content (AvgIpc) is 2.87. The summed E-state index contributed by atoms with van der Waals surface area (Å²) in [7, 11) is 0. The van der Waals surface area contributed by atoms with Crippen LogP contribution in [0.4, 0.5) is 0 Å². The van der Waals surface area contributed by atoms with Gasteiger partial charge >= 0.3 is 0 Å². The minimum Gasteiger partial charge on any atom is -0.490 e. The predicted molar refractivity (Wildman–Crippen MR) is 50.8 cm³/mol. The Kier molecular flexibility index (Phi) is 2.38. The first-order chi connectivity index (χ1) is 6.28. The van der Waals surface area contributed by atoms with Gasteiger partial charge in [-0.3, -0.25) is 0 Å². The summed E-state index contributed by atoms with van der Waals surface area (Å²) in [4.78, 5) is 4.04. The smallest absolute Gasteiger partial charge is 0.133 e. The van der Waals surface area contributed by atoms with Gasteiger partial charge in [-0.15, -0.1) is 0 Å². The fourth-order valence-electron chi connectivity index (χ4n) is 1.08. The molecule has 0 spiro atoms. The Morgan fingerprint density at radius 2 is 2.31 bits per heavy atom. The van der Waals surface area contributed by atoms with E-state index in [-0.39, 0.29) is 0 Å². The molecule has 0 amide bonds. The molecule has 0 saturated heterocycles. The molecule has 2 rings (SSSR count). The first-order valence-corrected chi connectivity index (χ1v) is 4.69. The third-order valence-corrected chi connectivity index (χ3v) is 2.05. The Balaban J connectivity index is 2.17. The fourth-order valence-corrected chi connectivity index (χ4v) is 1.29. The van der Waals surface area contributed by atoms with E-state index in [9.17, 15) is 0 Å². The van der Waals surface area contributed by atoms with Gasteiger partial charge in [0.05, 0.1) is 11.8 Å². The van der Waals surface area contributed by atoms with Gasteiger partial charge in [0, 0.05) is 18.7 Å². The van der Waals surface area contributed by atoms with E-state index in [0.29, 0.717) is 17.8 Å². The van der Waals surface area contributed by atoms with E-state index in [2.05, 4.69) is 4.98 Å². The maximum Gasteiger partial charge on any atom is 0.133 e. The molecule has 70 valence electrons. The quantitative estimate of drug-likeness (QED) is 0.753. The van der Waals surface area contributed by atoms with Crippen LogP contribution in [-0.2, 0) is 6.54 Å². The highest BCUT2D eigenvalue weighted by atomic mass is 35.5. The van der Waals surface area contributed by atoms with Gasteiger partial charge in [-0.2, -0.15) is 0 Å². The molecule has 2 N–H and O–H groups in total. The van der Waals surface area contributed by atoms with Crippen molar-refractivity contribution in [3.05, 3.63) is 23.0 Å². The second-order valence-corrected chi connectivity index (χ2v) is 3.53. The lowest BCUT2D eigenvalue weighted by molar-refractivity contribution is 0.302.